The number of rotatable bonds is 5. The van der Waals surface area contributed by atoms with Crippen LogP contribution in [0, 0.1) is 0 Å². The SMILES string of the molecule is CCOc1ccc(Cl)cc1C(=O)NCc1ccco1. The summed E-state index contributed by atoms with van der Waals surface area (Å²) in [5.74, 6) is 0.958. The van der Waals surface area contributed by atoms with Crippen molar-refractivity contribution < 1.29 is 13.9 Å². The summed E-state index contributed by atoms with van der Waals surface area (Å²) >= 11 is 5.91. The number of hydrogen-bond acceptors (Lipinski definition) is 3. The van der Waals surface area contributed by atoms with Crippen LogP contribution in [0.3, 0.4) is 0 Å². The fourth-order valence-corrected chi connectivity index (χ4v) is 1.81. The molecule has 1 aromatic heterocycles. The fourth-order valence-electron chi connectivity index (χ4n) is 1.64. The largest absolute Gasteiger partial charge is 0.493 e. The van der Waals surface area contributed by atoms with Gasteiger partial charge in [0.1, 0.15) is 11.5 Å². The number of halogens is 1. The van der Waals surface area contributed by atoms with Crippen molar-refractivity contribution in [2.75, 3.05) is 6.61 Å². The Bertz CT molecular complexity index is 552. The first-order valence-electron chi connectivity index (χ1n) is 5.93. The Balaban J connectivity index is 2.11. The van der Waals surface area contributed by atoms with Gasteiger partial charge in [-0.25, -0.2) is 0 Å². The first-order chi connectivity index (χ1) is 9.20. The molecule has 5 heteroatoms. The number of carbonyl (C=O) groups excluding carboxylic acids is 1. The molecule has 0 saturated carbocycles. The zero-order valence-corrected chi connectivity index (χ0v) is 11.2. The molecule has 100 valence electrons. The minimum absolute atomic E-state index is 0.248. The van der Waals surface area contributed by atoms with Crippen LogP contribution in [0.1, 0.15) is 23.0 Å². The number of furan rings is 1. The normalized spacial score (nSPS) is 10.2. The highest BCUT2D eigenvalue weighted by molar-refractivity contribution is 6.31. The second-order valence-electron chi connectivity index (χ2n) is 3.84. The van der Waals surface area contributed by atoms with Gasteiger partial charge in [-0.05, 0) is 37.3 Å². The monoisotopic (exact) mass is 279 g/mol. The fraction of sp³-hybridized carbons (Fsp3) is 0.214. The molecular weight excluding hydrogens is 266 g/mol. The summed E-state index contributed by atoms with van der Waals surface area (Å²) in [4.78, 5) is 12.1. The molecule has 0 atom stereocenters. The summed E-state index contributed by atoms with van der Waals surface area (Å²) in [5.41, 5.74) is 0.418. The van der Waals surface area contributed by atoms with Crippen LogP contribution in [0.15, 0.2) is 41.0 Å². The third-order valence-corrected chi connectivity index (χ3v) is 2.72. The van der Waals surface area contributed by atoms with E-state index in [0.717, 1.165) is 0 Å². The van der Waals surface area contributed by atoms with E-state index >= 15 is 0 Å². The Kier molecular flexibility index (Phi) is 4.47. The van der Waals surface area contributed by atoms with Gasteiger partial charge in [-0.1, -0.05) is 11.6 Å². The second kappa shape index (κ2) is 6.29. The number of ether oxygens (including phenoxy) is 1. The molecule has 2 rings (SSSR count). The van der Waals surface area contributed by atoms with E-state index in [1.807, 2.05) is 6.92 Å². The van der Waals surface area contributed by atoms with Gasteiger partial charge in [-0.3, -0.25) is 4.79 Å². The predicted molar refractivity (Wildman–Crippen MR) is 72.5 cm³/mol. The van der Waals surface area contributed by atoms with Gasteiger partial charge in [0, 0.05) is 5.02 Å². The smallest absolute Gasteiger partial charge is 0.255 e. The molecule has 0 saturated heterocycles. The molecule has 4 nitrogen and oxygen atoms in total. The van der Waals surface area contributed by atoms with Crippen LogP contribution >= 0.6 is 11.6 Å². The maximum Gasteiger partial charge on any atom is 0.255 e. The summed E-state index contributed by atoms with van der Waals surface area (Å²) < 4.78 is 10.6. The Morgan fingerprint density at radius 1 is 1.42 bits per heavy atom. The minimum atomic E-state index is -0.248. The lowest BCUT2D eigenvalue weighted by Gasteiger charge is -2.10. The van der Waals surface area contributed by atoms with Crippen molar-refractivity contribution >= 4 is 17.5 Å². The summed E-state index contributed by atoms with van der Waals surface area (Å²) in [5, 5.41) is 3.25. The molecule has 0 fully saturated rings. The van der Waals surface area contributed by atoms with E-state index in [2.05, 4.69) is 5.32 Å². The third kappa shape index (κ3) is 3.51. The maximum absolute atomic E-state index is 12.1. The first kappa shape index (κ1) is 13.5. The summed E-state index contributed by atoms with van der Waals surface area (Å²) in [6.45, 7) is 2.67. The molecule has 0 unspecified atom stereocenters. The lowest BCUT2D eigenvalue weighted by atomic mass is 10.2. The van der Waals surface area contributed by atoms with Crippen molar-refractivity contribution in [1.82, 2.24) is 5.32 Å². The molecule has 1 N–H and O–H groups in total. The molecular formula is C14H14ClNO3. The van der Waals surface area contributed by atoms with E-state index in [0.29, 0.717) is 35.2 Å². The number of amides is 1. The Morgan fingerprint density at radius 3 is 2.95 bits per heavy atom. The van der Waals surface area contributed by atoms with Crippen molar-refractivity contribution in [3.05, 3.63) is 52.9 Å². The Hall–Kier alpha value is -1.94. The van der Waals surface area contributed by atoms with Gasteiger partial charge < -0.3 is 14.5 Å². The maximum atomic E-state index is 12.1. The molecule has 0 radical (unpaired) electrons. The van der Waals surface area contributed by atoms with Gasteiger partial charge in [0.25, 0.3) is 5.91 Å². The topological polar surface area (TPSA) is 51.5 Å². The van der Waals surface area contributed by atoms with Gasteiger partial charge in [0.05, 0.1) is 25.0 Å². The van der Waals surface area contributed by atoms with Crippen LogP contribution in [0.2, 0.25) is 5.02 Å². The average Bonchev–Trinajstić information content (AvgIpc) is 2.91. The van der Waals surface area contributed by atoms with Crippen molar-refractivity contribution in [2.24, 2.45) is 0 Å². The predicted octanol–water partition coefficient (Wildman–Crippen LogP) is 3.26. The number of benzene rings is 1. The van der Waals surface area contributed by atoms with Crippen molar-refractivity contribution in [1.29, 1.82) is 0 Å². The van der Waals surface area contributed by atoms with E-state index in [-0.39, 0.29) is 5.91 Å². The zero-order valence-electron chi connectivity index (χ0n) is 10.5. The van der Waals surface area contributed by atoms with Crippen LogP contribution in [0.25, 0.3) is 0 Å². The standard InChI is InChI=1S/C14H14ClNO3/c1-2-18-13-6-5-10(15)8-12(13)14(17)16-9-11-4-3-7-19-11/h3-8H,2,9H2,1H3,(H,16,17). The quantitative estimate of drug-likeness (QED) is 0.914. The van der Waals surface area contributed by atoms with Crippen molar-refractivity contribution in [2.45, 2.75) is 13.5 Å². The summed E-state index contributed by atoms with van der Waals surface area (Å²) in [6, 6.07) is 8.53. The third-order valence-electron chi connectivity index (χ3n) is 2.49. The minimum Gasteiger partial charge on any atom is -0.493 e. The summed E-state index contributed by atoms with van der Waals surface area (Å²) in [7, 11) is 0. The van der Waals surface area contributed by atoms with E-state index in [4.69, 9.17) is 20.8 Å². The zero-order chi connectivity index (χ0) is 13.7. The van der Waals surface area contributed by atoms with Crippen LogP contribution in [0.5, 0.6) is 5.75 Å². The highest BCUT2D eigenvalue weighted by Gasteiger charge is 2.13. The number of carbonyl (C=O) groups is 1. The van der Waals surface area contributed by atoms with Crippen LogP contribution in [-0.4, -0.2) is 12.5 Å². The van der Waals surface area contributed by atoms with E-state index in [9.17, 15) is 4.79 Å². The lowest BCUT2D eigenvalue weighted by Crippen LogP contribution is -2.23. The molecule has 0 spiro atoms. The van der Waals surface area contributed by atoms with E-state index in [1.165, 1.54) is 0 Å². The van der Waals surface area contributed by atoms with Gasteiger partial charge in [0.15, 0.2) is 0 Å². The van der Waals surface area contributed by atoms with Crippen LogP contribution in [0.4, 0.5) is 0 Å². The molecule has 19 heavy (non-hydrogen) atoms. The van der Waals surface area contributed by atoms with Crippen LogP contribution < -0.4 is 10.1 Å². The second-order valence-corrected chi connectivity index (χ2v) is 4.27. The molecule has 2 aromatic rings. The van der Waals surface area contributed by atoms with Gasteiger partial charge in [-0.2, -0.15) is 0 Å². The molecule has 0 aliphatic carbocycles. The van der Waals surface area contributed by atoms with Gasteiger partial charge in [-0.15, -0.1) is 0 Å². The number of hydrogen-bond donors (Lipinski definition) is 1. The molecule has 1 amide bonds. The highest BCUT2D eigenvalue weighted by atomic mass is 35.5. The van der Waals surface area contributed by atoms with Crippen LogP contribution in [-0.2, 0) is 6.54 Å². The van der Waals surface area contributed by atoms with Crippen molar-refractivity contribution in [3.8, 4) is 5.75 Å². The van der Waals surface area contributed by atoms with Gasteiger partial charge in [0.2, 0.25) is 0 Å². The highest BCUT2D eigenvalue weighted by Crippen LogP contribution is 2.23. The first-order valence-corrected chi connectivity index (χ1v) is 6.31. The van der Waals surface area contributed by atoms with E-state index < -0.39 is 0 Å². The van der Waals surface area contributed by atoms with Gasteiger partial charge >= 0.3 is 0 Å². The van der Waals surface area contributed by atoms with E-state index in [1.54, 1.807) is 36.6 Å². The molecule has 1 aromatic carbocycles. The summed E-state index contributed by atoms with van der Waals surface area (Å²) in [6.07, 6.45) is 1.56. The average molecular weight is 280 g/mol. The molecule has 0 aliphatic rings. The molecule has 0 bridgehead atoms. The molecule has 1 heterocycles. The Labute approximate surface area is 116 Å². The Morgan fingerprint density at radius 2 is 2.26 bits per heavy atom. The lowest BCUT2D eigenvalue weighted by molar-refractivity contribution is 0.0944. The molecule has 0 aliphatic heterocycles. The number of nitrogens with one attached hydrogen (secondary N) is 1. The van der Waals surface area contributed by atoms with Crippen molar-refractivity contribution in [3.63, 3.8) is 0 Å².